The number of carbonyl (C=O) groups is 1. The molecule has 1 aromatic carbocycles. The summed E-state index contributed by atoms with van der Waals surface area (Å²) in [5, 5.41) is 3.16. The molecule has 1 aliphatic heterocycles. The van der Waals surface area contributed by atoms with Gasteiger partial charge in [0.1, 0.15) is 5.82 Å². The first-order valence-electron chi connectivity index (χ1n) is 10.5. The van der Waals surface area contributed by atoms with E-state index in [1.165, 1.54) is 12.1 Å². The second kappa shape index (κ2) is 8.98. The third-order valence-electron chi connectivity index (χ3n) is 5.87. The lowest BCUT2D eigenvalue weighted by Gasteiger charge is -2.32. The van der Waals surface area contributed by atoms with Crippen LogP contribution in [-0.2, 0) is 6.54 Å². The van der Waals surface area contributed by atoms with Gasteiger partial charge in [0, 0.05) is 43.3 Å². The van der Waals surface area contributed by atoms with Crippen molar-refractivity contribution in [3.8, 4) is 5.82 Å². The summed E-state index contributed by atoms with van der Waals surface area (Å²) < 4.78 is 28.5. The summed E-state index contributed by atoms with van der Waals surface area (Å²) >= 11 is 0. The Kier molecular flexibility index (Phi) is 6.13. The maximum Gasteiger partial charge on any atom is 0.253 e. The topological polar surface area (TPSA) is 50.2 Å². The summed E-state index contributed by atoms with van der Waals surface area (Å²) in [5.41, 5.74) is 3.24. The highest BCUT2D eigenvalue weighted by molar-refractivity contribution is 5.96. The molecule has 1 aliphatic rings. The van der Waals surface area contributed by atoms with E-state index in [-0.39, 0.29) is 11.9 Å². The smallest absolute Gasteiger partial charge is 0.253 e. The van der Waals surface area contributed by atoms with Gasteiger partial charge in [0.15, 0.2) is 11.6 Å². The highest BCUT2D eigenvalue weighted by Crippen LogP contribution is 2.21. The molecular formula is C24H26F2N4O. The normalized spacial score (nSPS) is 15.2. The maximum atomic E-state index is 13.4. The van der Waals surface area contributed by atoms with Crippen LogP contribution in [0.2, 0.25) is 0 Å². The molecule has 31 heavy (non-hydrogen) atoms. The van der Waals surface area contributed by atoms with Gasteiger partial charge in [-0.3, -0.25) is 9.69 Å². The number of nitrogens with one attached hydrogen (secondary N) is 1. The minimum Gasteiger partial charge on any atom is -0.349 e. The monoisotopic (exact) mass is 424 g/mol. The maximum absolute atomic E-state index is 13.4. The molecule has 1 N–H and O–H groups in total. The van der Waals surface area contributed by atoms with Gasteiger partial charge >= 0.3 is 0 Å². The Hall–Kier alpha value is -3.06. The van der Waals surface area contributed by atoms with Crippen molar-refractivity contribution in [2.75, 3.05) is 13.1 Å². The number of carbonyl (C=O) groups excluding carboxylic acids is 1. The molecule has 0 spiro atoms. The van der Waals surface area contributed by atoms with E-state index in [4.69, 9.17) is 0 Å². The van der Waals surface area contributed by atoms with Gasteiger partial charge in [0.2, 0.25) is 0 Å². The molecule has 2 aromatic heterocycles. The van der Waals surface area contributed by atoms with Crippen LogP contribution in [0.5, 0.6) is 0 Å². The van der Waals surface area contributed by atoms with Gasteiger partial charge in [0.05, 0.1) is 5.56 Å². The van der Waals surface area contributed by atoms with E-state index in [0.717, 1.165) is 48.7 Å². The zero-order valence-corrected chi connectivity index (χ0v) is 17.7. The van der Waals surface area contributed by atoms with E-state index in [1.807, 2.05) is 42.7 Å². The van der Waals surface area contributed by atoms with Crippen molar-refractivity contribution in [3.05, 3.63) is 82.8 Å². The molecule has 3 heterocycles. The van der Waals surface area contributed by atoms with E-state index >= 15 is 0 Å². The number of amides is 1. The molecule has 1 amide bonds. The molecular weight excluding hydrogens is 398 g/mol. The molecule has 162 valence electrons. The van der Waals surface area contributed by atoms with Crippen LogP contribution in [0.15, 0.2) is 48.7 Å². The summed E-state index contributed by atoms with van der Waals surface area (Å²) in [6.45, 7) is 6.05. The third-order valence-corrected chi connectivity index (χ3v) is 5.87. The molecule has 0 radical (unpaired) electrons. The second-order valence-corrected chi connectivity index (χ2v) is 8.08. The number of nitrogens with zero attached hydrogens (tertiary/aromatic N) is 3. The first-order valence-corrected chi connectivity index (χ1v) is 10.5. The van der Waals surface area contributed by atoms with Crippen LogP contribution < -0.4 is 5.32 Å². The molecule has 0 aliphatic carbocycles. The molecule has 5 nitrogen and oxygen atoms in total. The summed E-state index contributed by atoms with van der Waals surface area (Å²) in [5.74, 6) is -0.924. The van der Waals surface area contributed by atoms with Gasteiger partial charge in [-0.1, -0.05) is 12.1 Å². The van der Waals surface area contributed by atoms with Gasteiger partial charge < -0.3 is 9.88 Å². The van der Waals surface area contributed by atoms with Gasteiger partial charge in [-0.2, -0.15) is 0 Å². The van der Waals surface area contributed by atoms with Crippen molar-refractivity contribution in [2.45, 2.75) is 39.3 Å². The summed E-state index contributed by atoms with van der Waals surface area (Å²) in [4.78, 5) is 19.5. The summed E-state index contributed by atoms with van der Waals surface area (Å²) in [6.07, 6.45) is 3.37. The average Bonchev–Trinajstić information content (AvgIpc) is 3.07. The number of pyridine rings is 1. The second-order valence-electron chi connectivity index (χ2n) is 8.08. The first-order chi connectivity index (χ1) is 14.9. The number of hydrogen-bond acceptors (Lipinski definition) is 3. The van der Waals surface area contributed by atoms with E-state index in [9.17, 15) is 13.6 Å². The lowest BCUT2D eigenvalue weighted by atomic mass is 10.0. The number of aryl methyl sites for hydroxylation is 1. The zero-order valence-electron chi connectivity index (χ0n) is 17.7. The molecule has 7 heteroatoms. The Morgan fingerprint density at radius 3 is 2.55 bits per heavy atom. The fraction of sp³-hybridized carbons (Fsp3) is 0.333. The Morgan fingerprint density at radius 2 is 1.87 bits per heavy atom. The predicted octanol–water partition coefficient (Wildman–Crippen LogP) is 4.16. The largest absolute Gasteiger partial charge is 0.349 e. The van der Waals surface area contributed by atoms with Crippen LogP contribution in [0.1, 0.15) is 40.2 Å². The fourth-order valence-corrected chi connectivity index (χ4v) is 4.23. The minimum absolute atomic E-state index is 0.0747. The summed E-state index contributed by atoms with van der Waals surface area (Å²) in [7, 11) is 0. The average molecular weight is 424 g/mol. The van der Waals surface area contributed by atoms with Crippen molar-refractivity contribution in [1.82, 2.24) is 19.8 Å². The van der Waals surface area contributed by atoms with Crippen molar-refractivity contribution in [1.29, 1.82) is 0 Å². The highest BCUT2D eigenvalue weighted by atomic mass is 19.2. The standard InChI is InChI=1S/C24H26F2N4O/c1-16-13-20(17(2)30(16)23-5-3-4-10-27-23)24(31)28-19-8-11-29(12-9-19)15-18-6-7-21(25)22(26)14-18/h3-7,10,13-14,19H,8-9,11-12,15H2,1-2H3,(H,28,31). The van der Waals surface area contributed by atoms with Gasteiger partial charge in [-0.25, -0.2) is 13.8 Å². The Morgan fingerprint density at radius 1 is 1.10 bits per heavy atom. The third kappa shape index (κ3) is 4.66. The minimum atomic E-state index is -0.826. The predicted molar refractivity (Wildman–Crippen MR) is 115 cm³/mol. The number of aromatic nitrogens is 2. The van der Waals surface area contributed by atoms with Crippen molar-refractivity contribution in [2.24, 2.45) is 0 Å². The van der Waals surface area contributed by atoms with Crippen molar-refractivity contribution >= 4 is 5.91 Å². The van der Waals surface area contributed by atoms with Crippen molar-refractivity contribution < 1.29 is 13.6 Å². The lowest BCUT2D eigenvalue weighted by molar-refractivity contribution is 0.0908. The first kappa shape index (κ1) is 21.2. The molecule has 0 bridgehead atoms. The van der Waals surface area contributed by atoms with Gasteiger partial charge in [-0.05, 0) is 62.6 Å². The Labute approximate surface area is 180 Å². The number of likely N-dealkylation sites (tertiary alicyclic amines) is 1. The molecule has 0 saturated carbocycles. The molecule has 4 rings (SSSR count). The highest BCUT2D eigenvalue weighted by Gasteiger charge is 2.24. The number of hydrogen-bond donors (Lipinski definition) is 1. The van der Waals surface area contributed by atoms with Crippen LogP contribution in [0, 0.1) is 25.5 Å². The number of rotatable bonds is 5. The molecule has 3 aromatic rings. The molecule has 1 fully saturated rings. The molecule has 1 saturated heterocycles. The van der Waals surface area contributed by atoms with Gasteiger partial charge in [-0.15, -0.1) is 0 Å². The van der Waals surface area contributed by atoms with Crippen LogP contribution in [0.3, 0.4) is 0 Å². The zero-order chi connectivity index (χ0) is 22.0. The van der Waals surface area contributed by atoms with Crippen LogP contribution >= 0.6 is 0 Å². The van der Waals surface area contributed by atoms with Crippen molar-refractivity contribution in [3.63, 3.8) is 0 Å². The summed E-state index contributed by atoms with van der Waals surface area (Å²) in [6, 6.07) is 11.7. The number of benzene rings is 1. The SMILES string of the molecule is Cc1cc(C(=O)NC2CCN(Cc3ccc(F)c(F)c3)CC2)c(C)n1-c1ccccn1. The van der Waals surface area contributed by atoms with Gasteiger partial charge in [0.25, 0.3) is 5.91 Å². The van der Waals surface area contributed by atoms with E-state index in [2.05, 4.69) is 15.2 Å². The van der Waals surface area contributed by atoms with E-state index in [1.54, 1.807) is 12.3 Å². The van der Waals surface area contributed by atoms with E-state index in [0.29, 0.717) is 12.1 Å². The Balaban J connectivity index is 1.36. The Bertz CT molecular complexity index is 1070. The molecule has 0 unspecified atom stereocenters. The number of piperidine rings is 1. The fourth-order valence-electron chi connectivity index (χ4n) is 4.23. The van der Waals surface area contributed by atoms with Crippen LogP contribution in [0.4, 0.5) is 8.78 Å². The lowest BCUT2D eigenvalue weighted by Crippen LogP contribution is -2.44. The van der Waals surface area contributed by atoms with Crippen LogP contribution in [0.25, 0.3) is 5.82 Å². The number of halogens is 2. The molecule has 0 atom stereocenters. The van der Waals surface area contributed by atoms with Crippen LogP contribution in [-0.4, -0.2) is 39.5 Å². The van der Waals surface area contributed by atoms with E-state index < -0.39 is 11.6 Å². The quantitative estimate of drug-likeness (QED) is 0.669.